The maximum Gasteiger partial charge on any atom is 0.103 e. The lowest BCUT2D eigenvalue weighted by Gasteiger charge is -2.26. The standard InChI is InChI=1S/C26H32Cl2N4O/c1-18-16-19(29-12-15-31-13-5-4-6-14-31)10-11-20(18)23-17-24(26(2,3)33)30-32(23)25-21(27)8-7-9-22(25)28/h7-11,16-17,29,33H,4-6,12-15H2,1-3H3. The minimum atomic E-state index is -1.10. The fourth-order valence-corrected chi connectivity index (χ4v) is 4.89. The van der Waals surface area contributed by atoms with Gasteiger partial charge in [-0.2, -0.15) is 5.10 Å². The van der Waals surface area contributed by atoms with Gasteiger partial charge in [-0.1, -0.05) is 41.8 Å². The fraction of sp³-hybridized carbons (Fsp3) is 0.423. The van der Waals surface area contributed by atoms with Crippen LogP contribution in [-0.4, -0.2) is 46.0 Å². The number of hydrogen-bond acceptors (Lipinski definition) is 4. The molecular formula is C26H32Cl2N4O. The summed E-state index contributed by atoms with van der Waals surface area (Å²) >= 11 is 13.0. The molecule has 0 amide bonds. The summed E-state index contributed by atoms with van der Waals surface area (Å²) in [6.07, 6.45) is 3.98. The van der Waals surface area contributed by atoms with Gasteiger partial charge in [0.05, 0.1) is 21.4 Å². The molecule has 2 aromatic carbocycles. The number of hydrogen-bond donors (Lipinski definition) is 2. The van der Waals surface area contributed by atoms with E-state index in [0.717, 1.165) is 35.6 Å². The quantitative estimate of drug-likeness (QED) is 0.412. The van der Waals surface area contributed by atoms with Gasteiger partial charge in [-0.05, 0) is 82.6 Å². The summed E-state index contributed by atoms with van der Waals surface area (Å²) in [6, 6.07) is 13.6. The topological polar surface area (TPSA) is 53.3 Å². The number of likely N-dealkylation sites (tertiary alicyclic amines) is 1. The zero-order chi connectivity index (χ0) is 23.6. The SMILES string of the molecule is Cc1cc(NCCN2CCCCC2)ccc1-c1cc(C(C)(C)O)nn1-c1c(Cl)cccc1Cl. The van der Waals surface area contributed by atoms with Crippen molar-refractivity contribution < 1.29 is 5.11 Å². The van der Waals surface area contributed by atoms with Gasteiger partial charge in [0.2, 0.25) is 0 Å². The lowest BCUT2D eigenvalue weighted by Crippen LogP contribution is -2.33. The third kappa shape index (κ3) is 5.55. The second kappa shape index (κ2) is 10.1. The molecule has 0 unspecified atom stereocenters. The molecule has 1 aliphatic heterocycles. The van der Waals surface area contributed by atoms with Crippen LogP contribution < -0.4 is 5.32 Å². The van der Waals surface area contributed by atoms with Gasteiger partial charge in [0.25, 0.3) is 0 Å². The number of nitrogens with zero attached hydrogens (tertiary/aromatic N) is 3. The summed E-state index contributed by atoms with van der Waals surface area (Å²) in [7, 11) is 0. The first-order valence-electron chi connectivity index (χ1n) is 11.6. The van der Waals surface area contributed by atoms with Crippen molar-refractivity contribution in [1.29, 1.82) is 0 Å². The van der Waals surface area contributed by atoms with Crippen LogP contribution in [0.2, 0.25) is 10.0 Å². The van der Waals surface area contributed by atoms with E-state index >= 15 is 0 Å². The Morgan fingerprint density at radius 3 is 2.36 bits per heavy atom. The van der Waals surface area contributed by atoms with E-state index in [9.17, 15) is 5.11 Å². The van der Waals surface area contributed by atoms with Crippen molar-refractivity contribution in [2.24, 2.45) is 0 Å². The van der Waals surface area contributed by atoms with Crippen molar-refractivity contribution in [3.8, 4) is 16.9 Å². The molecule has 0 bridgehead atoms. The number of rotatable bonds is 7. The first kappa shape index (κ1) is 24.1. The second-order valence-electron chi connectivity index (χ2n) is 9.31. The number of para-hydroxylation sites is 1. The Balaban J connectivity index is 1.63. The Labute approximate surface area is 206 Å². The number of nitrogens with one attached hydrogen (secondary N) is 1. The normalized spacial score (nSPS) is 15.1. The van der Waals surface area contributed by atoms with E-state index in [2.05, 4.69) is 35.3 Å². The zero-order valence-corrected chi connectivity index (χ0v) is 21.0. The average molecular weight is 487 g/mol. The summed E-state index contributed by atoms with van der Waals surface area (Å²) in [5.74, 6) is 0. The minimum absolute atomic E-state index is 0.503. The Morgan fingerprint density at radius 2 is 1.73 bits per heavy atom. The summed E-state index contributed by atoms with van der Waals surface area (Å²) in [5.41, 5.74) is 4.10. The van der Waals surface area contributed by atoms with Gasteiger partial charge in [-0.15, -0.1) is 0 Å². The molecule has 2 N–H and O–H groups in total. The van der Waals surface area contributed by atoms with E-state index in [1.165, 1.54) is 32.4 Å². The van der Waals surface area contributed by atoms with Gasteiger partial charge in [0, 0.05) is 24.3 Å². The highest BCUT2D eigenvalue weighted by Gasteiger charge is 2.25. The predicted octanol–water partition coefficient (Wildman–Crippen LogP) is 6.28. The third-order valence-corrected chi connectivity index (χ3v) is 6.80. The van der Waals surface area contributed by atoms with Gasteiger partial charge in [-0.25, -0.2) is 4.68 Å². The van der Waals surface area contributed by atoms with Crippen LogP contribution in [0.4, 0.5) is 5.69 Å². The molecule has 33 heavy (non-hydrogen) atoms. The Bertz CT molecular complexity index is 1090. The van der Waals surface area contributed by atoms with Crippen LogP contribution in [-0.2, 0) is 5.60 Å². The number of aromatic nitrogens is 2. The molecule has 1 fully saturated rings. The molecule has 5 nitrogen and oxygen atoms in total. The van der Waals surface area contributed by atoms with Gasteiger partial charge >= 0.3 is 0 Å². The zero-order valence-electron chi connectivity index (χ0n) is 19.5. The highest BCUT2D eigenvalue weighted by Crippen LogP contribution is 2.36. The fourth-order valence-electron chi connectivity index (χ4n) is 4.34. The molecule has 1 aromatic heterocycles. The molecule has 0 radical (unpaired) electrons. The van der Waals surface area contributed by atoms with E-state index in [-0.39, 0.29) is 0 Å². The van der Waals surface area contributed by atoms with Crippen molar-refractivity contribution in [1.82, 2.24) is 14.7 Å². The molecule has 4 rings (SSSR count). The van der Waals surface area contributed by atoms with Gasteiger partial charge < -0.3 is 15.3 Å². The number of aliphatic hydroxyl groups is 1. The Kier molecular flexibility index (Phi) is 7.34. The van der Waals surface area contributed by atoms with Crippen LogP contribution in [0.3, 0.4) is 0 Å². The molecule has 3 aromatic rings. The van der Waals surface area contributed by atoms with Gasteiger partial charge in [-0.3, -0.25) is 0 Å². The lowest BCUT2D eigenvalue weighted by atomic mass is 10.0. The van der Waals surface area contributed by atoms with Crippen molar-refractivity contribution in [3.63, 3.8) is 0 Å². The van der Waals surface area contributed by atoms with Crippen LogP contribution in [0.5, 0.6) is 0 Å². The maximum atomic E-state index is 10.6. The Morgan fingerprint density at radius 1 is 1.03 bits per heavy atom. The summed E-state index contributed by atoms with van der Waals surface area (Å²) in [6.45, 7) is 9.93. The third-order valence-electron chi connectivity index (χ3n) is 6.19. The van der Waals surface area contributed by atoms with Crippen molar-refractivity contribution in [2.45, 2.75) is 45.6 Å². The predicted molar refractivity (Wildman–Crippen MR) is 138 cm³/mol. The average Bonchev–Trinajstić information content (AvgIpc) is 3.20. The minimum Gasteiger partial charge on any atom is -0.384 e. The van der Waals surface area contributed by atoms with E-state index in [1.54, 1.807) is 30.7 Å². The first-order valence-corrected chi connectivity index (χ1v) is 12.3. The van der Waals surface area contributed by atoms with Crippen LogP contribution in [0.15, 0.2) is 42.5 Å². The number of piperidine rings is 1. The van der Waals surface area contributed by atoms with E-state index in [0.29, 0.717) is 21.4 Å². The van der Waals surface area contributed by atoms with E-state index < -0.39 is 5.60 Å². The molecule has 0 saturated carbocycles. The van der Waals surface area contributed by atoms with Gasteiger partial charge in [0.1, 0.15) is 11.3 Å². The first-order chi connectivity index (χ1) is 15.7. The molecule has 0 spiro atoms. The number of benzene rings is 2. The molecule has 0 aliphatic carbocycles. The molecular weight excluding hydrogens is 455 g/mol. The van der Waals surface area contributed by atoms with E-state index in [4.69, 9.17) is 28.3 Å². The summed E-state index contributed by atoms with van der Waals surface area (Å²) in [5, 5.41) is 19.9. The van der Waals surface area contributed by atoms with Crippen LogP contribution >= 0.6 is 23.2 Å². The molecule has 1 aliphatic rings. The number of aryl methyl sites for hydroxylation is 1. The van der Waals surface area contributed by atoms with Gasteiger partial charge in [0.15, 0.2) is 0 Å². The molecule has 176 valence electrons. The summed E-state index contributed by atoms with van der Waals surface area (Å²) < 4.78 is 1.74. The monoisotopic (exact) mass is 486 g/mol. The Hall–Kier alpha value is -2.05. The highest BCUT2D eigenvalue weighted by atomic mass is 35.5. The van der Waals surface area contributed by atoms with Crippen LogP contribution in [0, 0.1) is 6.92 Å². The van der Waals surface area contributed by atoms with Crippen molar-refractivity contribution >= 4 is 28.9 Å². The van der Waals surface area contributed by atoms with E-state index in [1.807, 2.05) is 12.1 Å². The second-order valence-corrected chi connectivity index (χ2v) is 10.1. The van der Waals surface area contributed by atoms with Crippen molar-refractivity contribution in [2.75, 3.05) is 31.5 Å². The molecule has 0 atom stereocenters. The smallest absolute Gasteiger partial charge is 0.103 e. The van der Waals surface area contributed by atoms with Crippen molar-refractivity contribution in [3.05, 3.63) is 63.8 Å². The van der Waals surface area contributed by atoms with Crippen LogP contribution in [0.25, 0.3) is 16.9 Å². The summed E-state index contributed by atoms with van der Waals surface area (Å²) in [4.78, 5) is 2.53. The maximum absolute atomic E-state index is 10.6. The molecule has 2 heterocycles. The lowest BCUT2D eigenvalue weighted by molar-refractivity contribution is 0.0734. The molecule has 7 heteroatoms. The number of halogens is 2. The highest BCUT2D eigenvalue weighted by molar-refractivity contribution is 6.37. The number of anilines is 1. The van der Waals surface area contributed by atoms with Crippen LogP contribution in [0.1, 0.15) is 44.4 Å². The molecule has 1 saturated heterocycles. The largest absolute Gasteiger partial charge is 0.384 e.